The average Bonchev–Trinajstić information content (AvgIpc) is 2.22. The van der Waals surface area contributed by atoms with Gasteiger partial charge in [0, 0.05) is 6.20 Å². The molecule has 1 aromatic carbocycles. The van der Waals surface area contributed by atoms with Crippen molar-refractivity contribution in [1.82, 2.24) is 9.97 Å². The number of nitrogens with zero attached hydrogens (tertiary/aromatic N) is 2. The van der Waals surface area contributed by atoms with Crippen LogP contribution in [0, 0.1) is 6.92 Å². The van der Waals surface area contributed by atoms with E-state index in [1.165, 1.54) is 5.56 Å². The summed E-state index contributed by atoms with van der Waals surface area (Å²) in [6, 6.07) is 9.52. The predicted molar refractivity (Wildman–Crippen MR) is 57.7 cm³/mol. The van der Waals surface area contributed by atoms with Gasteiger partial charge in [-0.2, -0.15) is 4.98 Å². The van der Waals surface area contributed by atoms with E-state index in [0.717, 1.165) is 0 Å². The van der Waals surface area contributed by atoms with Gasteiger partial charge in [0.25, 0.3) is 0 Å². The SMILES string of the molecule is Cc1ccc(Oc2nccc(N)n2)cc1. The van der Waals surface area contributed by atoms with Crippen LogP contribution in [0.3, 0.4) is 0 Å². The number of nitrogen functional groups attached to an aromatic ring is 1. The first-order chi connectivity index (χ1) is 7.24. The van der Waals surface area contributed by atoms with Gasteiger partial charge < -0.3 is 10.5 Å². The Hall–Kier alpha value is -2.10. The average molecular weight is 201 g/mol. The van der Waals surface area contributed by atoms with Crippen LogP contribution < -0.4 is 10.5 Å². The molecule has 0 unspecified atom stereocenters. The number of aromatic nitrogens is 2. The summed E-state index contributed by atoms with van der Waals surface area (Å²) in [5, 5.41) is 0. The minimum Gasteiger partial charge on any atom is -0.424 e. The fraction of sp³-hybridized carbons (Fsp3) is 0.0909. The summed E-state index contributed by atoms with van der Waals surface area (Å²) >= 11 is 0. The molecule has 0 spiro atoms. The highest BCUT2D eigenvalue weighted by Gasteiger charge is 1.99. The van der Waals surface area contributed by atoms with E-state index in [0.29, 0.717) is 11.6 Å². The molecule has 1 aromatic heterocycles. The number of hydrogen-bond acceptors (Lipinski definition) is 4. The molecule has 0 aliphatic heterocycles. The number of benzene rings is 1. The van der Waals surface area contributed by atoms with Gasteiger partial charge in [-0.05, 0) is 25.1 Å². The zero-order valence-corrected chi connectivity index (χ0v) is 8.34. The van der Waals surface area contributed by atoms with Gasteiger partial charge >= 0.3 is 6.01 Å². The number of anilines is 1. The normalized spacial score (nSPS) is 9.93. The van der Waals surface area contributed by atoms with Crippen molar-refractivity contribution in [3.8, 4) is 11.8 Å². The van der Waals surface area contributed by atoms with Crippen molar-refractivity contribution in [1.29, 1.82) is 0 Å². The minimum atomic E-state index is 0.263. The van der Waals surface area contributed by atoms with Crippen molar-refractivity contribution in [3.05, 3.63) is 42.1 Å². The van der Waals surface area contributed by atoms with Crippen LogP contribution in [0.25, 0.3) is 0 Å². The molecule has 0 saturated heterocycles. The summed E-state index contributed by atoms with van der Waals surface area (Å²) in [5.74, 6) is 1.10. The van der Waals surface area contributed by atoms with Gasteiger partial charge in [-0.1, -0.05) is 17.7 Å². The maximum absolute atomic E-state index is 5.51. The molecule has 0 aliphatic carbocycles. The molecule has 0 saturated carbocycles. The predicted octanol–water partition coefficient (Wildman–Crippen LogP) is 2.16. The number of rotatable bonds is 2. The minimum absolute atomic E-state index is 0.263. The lowest BCUT2D eigenvalue weighted by Gasteiger charge is -2.03. The molecule has 0 atom stereocenters. The molecule has 15 heavy (non-hydrogen) atoms. The zero-order valence-electron chi connectivity index (χ0n) is 8.34. The van der Waals surface area contributed by atoms with E-state index in [1.807, 2.05) is 31.2 Å². The molecule has 4 nitrogen and oxygen atoms in total. The van der Waals surface area contributed by atoms with Gasteiger partial charge in [-0.3, -0.25) is 0 Å². The van der Waals surface area contributed by atoms with Crippen LogP contribution in [0.5, 0.6) is 11.8 Å². The maximum atomic E-state index is 5.51. The van der Waals surface area contributed by atoms with E-state index in [-0.39, 0.29) is 6.01 Å². The highest BCUT2D eigenvalue weighted by molar-refractivity contribution is 5.31. The Labute approximate surface area is 87.7 Å². The second-order valence-corrected chi connectivity index (χ2v) is 3.18. The Balaban J connectivity index is 2.18. The Morgan fingerprint density at radius 3 is 2.53 bits per heavy atom. The lowest BCUT2D eigenvalue weighted by molar-refractivity contribution is 0.442. The van der Waals surface area contributed by atoms with Crippen LogP contribution in [0.1, 0.15) is 5.56 Å². The van der Waals surface area contributed by atoms with E-state index >= 15 is 0 Å². The topological polar surface area (TPSA) is 61.0 Å². The second-order valence-electron chi connectivity index (χ2n) is 3.18. The van der Waals surface area contributed by atoms with Crippen LogP contribution in [0.4, 0.5) is 5.82 Å². The molecule has 2 aromatic rings. The van der Waals surface area contributed by atoms with E-state index in [1.54, 1.807) is 12.3 Å². The van der Waals surface area contributed by atoms with Crippen LogP contribution in [-0.2, 0) is 0 Å². The molecule has 4 heteroatoms. The number of aryl methyl sites for hydroxylation is 1. The number of hydrogen-bond donors (Lipinski definition) is 1. The molecule has 2 N–H and O–H groups in total. The molecule has 0 fully saturated rings. The third-order valence-corrected chi connectivity index (χ3v) is 1.89. The van der Waals surface area contributed by atoms with E-state index in [9.17, 15) is 0 Å². The van der Waals surface area contributed by atoms with Gasteiger partial charge in [0.05, 0.1) is 0 Å². The van der Waals surface area contributed by atoms with Gasteiger partial charge in [-0.25, -0.2) is 4.98 Å². The van der Waals surface area contributed by atoms with Gasteiger partial charge in [0.1, 0.15) is 11.6 Å². The highest BCUT2D eigenvalue weighted by Crippen LogP contribution is 2.17. The Bertz CT molecular complexity index is 454. The van der Waals surface area contributed by atoms with Crippen molar-refractivity contribution in [2.24, 2.45) is 0 Å². The molecular weight excluding hydrogens is 190 g/mol. The first-order valence-electron chi connectivity index (χ1n) is 4.57. The molecule has 0 aliphatic rings. The van der Waals surface area contributed by atoms with Crippen LogP contribution >= 0.6 is 0 Å². The molecule has 0 amide bonds. The molecular formula is C11H11N3O. The lowest BCUT2D eigenvalue weighted by atomic mass is 10.2. The summed E-state index contributed by atoms with van der Waals surface area (Å²) in [6.45, 7) is 2.01. The van der Waals surface area contributed by atoms with Crippen LogP contribution in [-0.4, -0.2) is 9.97 Å². The number of nitrogens with two attached hydrogens (primary N) is 1. The zero-order chi connectivity index (χ0) is 10.7. The summed E-state index contributed by atoms with van der Waals surface area (Å²) < 4.78 is 5.41. The Kier molecular flexibility index (Phi) is 2.49. The monoisotopic (exact) mass is 201 g/mol. The lowest BCUT2D eigenvalue weighted by Crippen LogP contribution is -1.95. The third-order valence-electron chi connectivity index (χ3n) is 1.89. The molecule has 1 heterocycles. The van der Waals surface area contributed by atoms with Crippen LogP contribution in [0.15, 0.2) is 36.5 Å². The van der Waals surface area contributed by atoms with Gasteiger partial charge in [0.15, 0.2) is 0 Å². The fourth-order valence-corrected chi connectivity index (χ4v) is 1.11. The standard InChI is InChI=1S/C11H11N3O/c1-8-2-4-9(5-3-8)15-11-13-7-6-10(12)14-11/h2-7H,1H3,(H2,12,13,14). The van der Waals surface area contributed by atoms with Gasteiger partial charge in [0.2, 0.25) is 0 Å². The van der Waals surface area contributed by atoms with Crippen molar-refractivity contribution in [2.45, 2.75) is 6.92 Å². The number of ether oxygens (including phenoxy) is 1. The van der Waals surface area contributed by atoms with Crippen molar-refractivity contribution in [3.63, 3.8) is 0 Å². The maximum Gasteiger partial charge on any atom is 0.323 e. The first kappa shape index (κ1) is 9.45. The second kappa shape index (κ2) is 3.96. The Morgan fingerprint density at radius 2 is 1.87 bits per heavy atom. The Morgan fingerprint density at radius 1 is 1.13 bits per heavy atom. The summed E-state index contributed by atoms with van der Waals surface area (Å²) in [5.41, 5.74) is 6.68. The van der Waals surface area contributed by atoms with Crippen LogP contribution in [0.2, 0.25) is 0 Å². The third kappa shape index (κ3) is 2.43. The van der Waals surface area contributed by atoms with Crippen molar-refractivity contribution in [2.75, 3.05) is 5.73 Å². The molecule has 76 valence electrons. The fourth-order valence-electron chi connectivity index (χ4n) is 1.11. The van der Waals surface area contributed by atoms with Crippen molar-refractivity contribution >= 4 is 5.82 Å². The smallest absolute Gasteiger partial charge is 0.323 e. The van der Waals surface area contributed by atoms with E-state index in [4.69, 9.17) is 10.5 Å². The van der Waals surface area contributed by atoms with E-state index in [2.05, 4.69) is 9.97 Å². The summed E-state index contributed by atoms with van der Waals surface area (Å²) in [7, 11) is 0. The van der Waals surface area contributed by atoms with E-state index < -0.39 is 0 Å². The quantitative estimate of drug-likeness (QED) is 0.808. The molecule has 2 rings (SSSR count). The molecule has 0 bridgehead atoms. The van der Waals surface area contributed by atoms with Crippen molar-refractivity contribution < 1.29 is 4.74 Å². The molecule has 0 radical (unpaired) electrons. The first-order valence-corrected chi connectivity index (χ1v) is 4.57. The summed E-state index contributed by atoms with van der Waals surface area (Å²) in [6.07, 6.45) is 1.56. The highest BCUT2D eigenvalue weighted by atomic mass is 16.5. The van der Waals surface area contributed by atoms with Gasteiger partial charge in [-0.15, -0.1) is 0 Å². The largest absolute Gasteiger partial charge is 0.424 e. The summed E-state index contributed by atoms with van der Waals surface area (Å²) in [4.78, 5) is 7.88.